The molecule has 0 radical (unpaired) electrons. The van der Waals surface area contributed by atoms with Gasteiger partial charge in [-0.1, -0.05) is 11.6 Å². The van der Waals surface area contributed by atoms with E-state index < -0.39 is 17.7 Å². The van der Waals surface area contributed by atoms with E-state index in [0.29, 0.717) is 41.7 Å². The Morgan fingerprint density at radius 1 is 1.35 bits per heavy atom. The monoisotopic (exact) mass is 447 g/mol. The second-order valence-electron chi connectivity index (χ2n) is 7.02. The summed E-state index contributed by atoms with van der Waals surface area (Å²) < 4.78 is 10.7. The van der Waals surface area contributed by atoms with E-state index in [9.17, 15) is 9.59 Å². The number of halogens is 2. The van der Waals surface area contributed by atoms with Gasteiger partial charge in [0.15, 0.2) is 0 Å². The summed E-state index contributed by atoms with van der Waals surface area (Å²) in [4.78, 5) is 30.0. The molecule has 1 amide bonds. The fourth-order valence-electron chi connectivity index (χ4n) is 2.75. The number of amides is 1. The van der Waals surface area contributed by atoms with Gasteiger partial charge in [-0.25, -0.2) is 14.6 Å². The largest absolute Gasteiger partial charge is 0.465 e. The van der Waals surface area contributed by atoms with Crippen LogP contribution < -0.4 is 10.2 Å². The number of aromatic nitrogens is 1. The molecule has 1 fully saturated rings. The van der Waals surface area contributed by atoms with Crippen molar-refractivity contribution in [3.63, 3.8) is 0 Å². The zero-order chi connectivity index (χ0) is 19.5. The molecule has 9 heteroatoms. The number of carbonyl (C=O) groups excluding carboxylic acids is 2. The molecule has 1 aliphatic rings. The molecule has 0 aliphatic carbocycles. The third kappa shape index (κ3) is 5.23. The van der Waals surface area contributed by atoms with Gasteiger partial charge in [-0.15, -0.1) is 0 Å². The highest BCUT2D eigenvalue weighted by molar-refractivity contribution is 9.10. The molecule has 7 nitrogen and oxygen atoms in total. The first-order chi connectivity index (χ1) is 12.1. The van der Waals surface area contributed by atoms with Crippen molar-refractivity contribution >= 4 is 45.3 Å². The van der Waals surface area contributed by atoms with E-state index in [2.05, 4.69) is 26.2 Å². The Balaban J connectivity index is 2.07. The minimum absolute atomic E-state index is 0.0127. The van der Waals surface area contributed by atoms with E-state index in [0.717, 1.165) is 0 Å². The van der Waals surface area contributed by atoms with Crippen LogP contribution in [0.15, 0.2) is 10.7 Å². The summed E-state index contributed by atoms with van der Waals surface area (Å²) in [5.74, 6) is -0.473. The number of pyridine rings is 1. The van der Waals surface area contributed by atoms with Crippen LogP contribution in [0.4, 0.5) is 10.5 Å². The molecule has 0 spiro atoms. The third-order valence-corrected chi connectivity index (χ3v) is 5.15. The second-order valence-corrected chi connectivity index (χ2v) is 8.18. The highest BCUT2D eigenvalue weighted by Gasteiger charge is 2.28. The smallest absolute Gasteiger partial charge is 0.407 e. The van der Waals surface area contributed by atoms with Crippen molar-refractivity contribution < 1.29 is 19.1 Å². The van der Waals surface area contributed by atoms with Crippen molar-refractivity contribution in [2.24, 2.45) is 0 Å². The van der Waals surface area contributed by atoms with E-state index in [4.69, 9.17) is 21.1 Å². The molecule has 26 heavy (non-hydrogen) atoms. The molecular formula is C17H23BrClN3O4. The summed E-state index contributed by atoms with van der Waals surface area (Å²) in [5, 5.41) is 3.17. The number of esters is 1. The first-order valence-corrected chi connectivity index (χ1v) is 9.46. The Morgan fingerprint density at radius 3 is 2.50 bits per heavy atom. The number of nitrogens with zero attached hydrogens (tertiary/aromatic N) is 2. The summed E-state index contributed by atoms with van der Waals surface area (Å²) in [6.07, 6.45) is 2.43. The molecule has 1 N–H and O–H groups in total. The van der Waals surface area contributed by atoms with Crippen molar-refractivity contribution in [3.05, 3.63) is 21.4 Å². The standard InChI is InChI=1S/C17H23BrClN3O4/c1-17(2,3)26-16(24)21-10-5-7-22(8-6-10)13-11(15(23)25-4)9-20-14(19)12(13)18/h9-10H,5-8H2,1-4H3,(H,21,24). The molecular weight excluding hydrogens is 426 g/mol. The van der Waals surface area contributed by atoms with Gasteiger partial charge in [0.25, 0.3) is 0 Å². The summed E-state index contributed by atoms with van der Waals surface area (Å²) >= 11 is 9.52. The SMILES string of the molecule is COC(=O)c1cnc(Cl)c(Br)c1N1CCC(NC(=O)OC(C)(C)C)CC1. The summed E-state index contributed by atoms with van der Waals surface area (Å²) in [7, 11) is 1.33. The van der Waals surface area contributed by atoms with E-state index in [-0.39, 0.29) is 11.2 Å². The average Bonchev–Trinajstić information content (AvgIpc) is 2.55. The molecule has 1 aromatic rings. The zero-order valence-electron chi connectivity index (χ0n) is 15.3. The van der Waals surface area contributed by atoms with Crippen LogP contribution in [-0.2, 0) is 9.47 Å². The van der Waals surface area contributed by atoms with Crippen LogP contribution in [0, 0.1) is 0 Å². The molecule has 1 aromatic heterocycles. The Hall–Kier alpha value is -1.54. The van der Waals surface area contributed by atoms with Crippen molar-refractivity contribution in [2.45, 2.75) is 45.3 Å². The van der Waals surface area contributed by atoms with E-state index in [1.54, 1.807) is 0 Å². The first kappa shape index (κ1) is 20.8. The lowest BCUT2D eigenvalue weighted by atomic mass is 10.0. The summed E-state index contributed by atoms with van der Waals surface area (Å²) in [6, 6.07) is 0.0127. The molecule has 2 heterocycles. The van der Waals surface area contributed by atoms with Crippen LogP contribution in [0.5, 0.6) is 0 Å². The molecule has 144 valence electrons. The van der Waals surface area contributed by atoms with Gasteiger partial charge in [0.05, 0.1) is 17.3 Å². The lowest BCUT2D eigenvalue weighted by molar-refractivity contribution is 0.0496. The molecule has 1 saturated heterocycles. The average molecular weight is 449 g/mol. The van der Waals surface area contributed by atoms with Crippen molar-refractivity contribution in [2.75, 3.05) is 25.1 Å². The Kier molecular flexibility index (Phi) is 6.74. The Bertz CT molecular complexity index is 685. The molecule has 0 atom stereocenters. The van der Waals surface area contributed by atoms with Crippen LogP contribution in [0.3, 0.4) is 0 Å². The van der Waals surface area contributed by atoms with Crippen LogP contribution in [0.25, 0.3) is 0 Å². The van der Waals surface area contributed by atoms with Gasteiger partial charge in [0.1, 0.15) is 16.3 Å². The van der Waals surface area contributed by atoms with Crippen LogP contribution >= 0.6 is 27.5 Å². The number of ether oxygens (including phenoxy) is 2. The van der Waals surface area contributed by atoms with Gasteiger partial charge in [-0.2, -0.15) is 0 Å². The molecule has 0 aromatic carbocycles. The van der Waals surface area contributed by atoms with Crippen molar-refractivity contribution in [1.29, 1.82) is 0 Å². The maximum Gasteiger partial charge on any atom is 0.407 e. The van der Waals surface area contributed by atoms with Gasteiger partial charge in [0, 0.05) is 25.3 Å². The number of nitrogens with one attached hydrogen (secondary N) is 1. The first-order valence-electron chi connectivity index (χ1n) is 8.29. The summed E-state index contributed by atoms with van der Waals surface area (Å²) in [6.45, 7) is 6.77. The number of hydrogen-bond donors (Lipinski definition) is 1. The number of carbonyl (C=O) groups is 2. The van der Waals surface area contributed by atoms with Crippen LogP contribution in [-0.4, -0.2) is 48.9 Å². The number of piperidine rings is 1. The number of methoxy groups -OCH3 is 1. The van der Waals surface area contributed by atoms with E-state index >= 15 is 0 Å². The van der Waals surface area contributed by atoms with Gasteiger partial charge in [0.2, 0.25) is 0 Å². The fraction of sp³-hybridized carbons (Fsp3) is 0.588. The summed E-state index contributed by atoms with van der Waals surface area (Å²) in [5.41, 5.74) is 0.480. The van der Waals surface area contributed by atoms with Gasteiger partial charge < -0.3 is 19.7 Å². The lowest BCUT2D eigenvalue weighted by Crippen LogP contribution is -2.46. The molecule has 1 aliphatic heterocycles. The highest BCUT2D eigenvalue weighted by atomic mass is 79.9. The predicted molar refractivity (Wildman–Crippen MR) is 103 cm³/mol. The zero-order valence-corrected chi connectivity index (χ0v) is 17.6. The topological polar surface area (TPSA) is 80.8 Å². The highest BCUT2D eigenvalue weighted by Crippen LogP contribution is 2.36. The van der Waals surface area contributed by atoms with Crippen molar-refractivity contribution in [1.82, 2.24) is 10.3 Å². The quantitative estimate of drug-likeness (QED) is 0.560. The minimum atomic E-state index is -0.529. The van der Waals surface area contributed by atoms with Crippen LogP contribution in [0.2, 0.25) is 5.15 Å². The number of hydrogen-bond acceptors (Lipinski definition) is 6. The number of alkyl carbamates (subject to hydrolysis) is 1. The fourth-order valence-corrected chi connectivity index (χ4v) is 3.45. The minimum Gasteiger partial charge on any atom is -0.465 e. The second kappa shape index (κ2) is 8.43. The van der Waals surface area contributed by atoms with Crippen molar-refractivity contribution in [3.8, 4) is 0 Å². The Labute approximate surface area is 166 Å². The normalized spacial score (nSPS) is 15.5. The molecule has 0 saturated carbocycles. The number of anilines is 1. The van der Waals surface area contributed by atoms with Crippen LogP contribution in [0.1, 0.15) is 44.0 Å². The van der Waals surface area contributed by atoms with E-state index in [1.165, 1.54) is 13.3 Å². The molecule has 0 unspecified atom stereocenters. The van der Waals surface area contributed by atoms with Gasteiger partial charge in [-0.05, 0) is 49.5 Å². The molecule has 0 bridgehead atoms. The maximum absolute atomic E-state index is 12.1. The lowest BCUT2D eigenvalue weighted by Gasteiger charge is -2.35. The van der Waals surface area contributed by atoms with Gasteiger partial charge >= 0.3 is 12.1 Å². The van der Waals surface area contributed by atoms with E-state index in [1.807, 2.05) is 25.7 Å². The maximum atomic E-state index is 12.1. The predicted octanol–water partition coefficient (Wildman–Crippen LogP) is 3.78. The Morgan fingerprint density at radius 2 is 1.96 bits per heavy atom. The third-order valence-electron chi connectivity index (χ3n) is 3.89. The molecule has 2 rings (SSSR count). The number of rotatable bonds is 3. The van der Waals surface area contributed by atoms with Gasteiger partial charge in [-0.3, -0.25) is 0 Å².